The van der Waals surface area contributed by atoms with E-state index in [2.05, 4.69) is 5.16 Å². The number of rotatable bonds is 2. The van der Waals surface area contributed by atoms with E-state index in [-0.39, 0.29) is 17.6 Å². The van der Waals surface area contributed by atoms with Crippen molar-refractivity contribution < 1.29 is 13.7 Å². The Labute approximate surface area is 122 Å². The smallest absolute Gasteiger partial charge is 0.259 e. The summed E-state index contributed by atoms with van der Waals surface area (Å²) < 4.78 is 18.0. The van der Waals surface area contributed by atoms with Crippen LogP contribution in [0.25, 0.3) is 0 Å². The molecule has 1 atom stereocenters. The Bertz CT molecular complexity index is 644. The third-order valence-electron chi connectivity index (χ3n) is 4.06. The number of nitrogens with zero attached hydrogens (tertiary/aromatic N) is 2. The lowest BCUT2D eigenvalue weighted by Crippen LogP contribution is -2.29. The van der Waals surface area contributed by atoms with Crippen LogP contribution in [0.2, 0.25) is 0 Å². The SMILES string of the molecule is Cc1noc(C)c1C(=O)N1CCC(c2ccc(F)cc2)C1. The maximum atomic E-state index is 13.0. The molecule has 2 aromatic rings. The van der Waals surface area contributed by atoms with Gasteiger partial charge in [0.1, 0.15) is 17.1 Å². The minimum Gasteiger partial charge on any atom is -0.361 e. The second-order valence-corrected chi connectivity index (χ2v) is 5.49. The number of benzene rings is 1. The molecule has 4 nitrogen and oxygen atoms in total. The Morgan fingerprint density at radius 1 is 1.33 bits per heavy atom. The van der Waals surface area contributed by atoms with Gasteiger partial charge in [-0.15, -0.1) is 0 Å². The van der Waals surface area contributed by atoms with Gasteiger partial charge in [0.05, 0.1) is 5.69 Å². The molecule has 1 fully saturated rings. The van der Waals surface area contributed by atoms with Gasteiger partial charge in [-0.25, -0.2) is 4.39 Å². The second-order valence-electron chi connectivity index (χ2n) is 5.49. The van der Waals surface area contributed by atoms with Crippen molar-refractivity contribution in [1.82, 2.24) is 10.1 Å². The first-order valence-electron chi connectivity index (χ1n) is 7.04. The predicted octanol–water partition coefficient (Wildman–Crippen LogP) is 3.06. The summed E-state index contributed by atoms with van der Waals surface area (Å²) in [6, 6.07) is 6.52. The number of hydrogen-bond acceptors (Lipinski definition) is 3. The highest BCUT2D eigenvalue weighted by atomic mass is 19.1. The normalized spacial score (nSPS) is 18.2. The van der Waals surface area contributed by atoms with E-state index >= 15 is 0 Å². The van der Waals surface area contributed by atoms with Crippen molar-refractivity contribution in [3.8, 4) is 0 Å². The van der Waals surface area contributed by atoms with Gasteiger partial charge in [0.2, 0.25) is 0 Å². The monoisotopic (exact) mass is 288 g/mol. The van der Waals surface area contributed by atoms with Gasteiger partial charge in [-0.3, -0.25) is 4.79 Å². The summed E-state index contributed by atoms with van der Waals surface area (Å²) in [5.74, 6) is 0.550. The van der Waals surface area contributed by atoms with E-state index in [4.69, 9.17) is 4.52 Å². The van der Waals surface area contributed by atoms with E-state index < -0.39 is 0 Å². The fourth-order valence-corrected chi connectivity index (χ4v) is 2.90. The first-order valence-corrected chi connectivity index (χ1v) is 7.04. The van der Waals surface area contributed by atoms with Crippen molar-refractivity contribution >= 4 is 5.91 Å². The Kier molecular flexibility index (Phi) is 3.49. The van der Waals surface area contributed by atoms with Crippen LogP contribution >= 0.6 is 0 Å². The Balaban J connectivity index is 1.75. The van der Waals surface area contributed by atoms with Crippen LogP contribution in [0.4, 0.5) is 4.39 Å². The molecule has 2 heterocycles. The fourth-order valence-electron chi connectivity index (χ4n) is 2.90. The standard InChI is InChI=1S/C16H17FN2O2/c1-10-15(11(2)21-18-10)16(20)19-8-7-13(9-19)12-3-5-14(17)6-4-12/h3-6,13H,7-9H2,1-2H3. The van der Waals surface area contributed by atoms with Crippen LogP contribution in [0.15, 0.2) is 28.8 Å². The number of likely N-dealkylation sites (tertiary alicyclic amines) is 1. The van der Waals surface area contributed by atoms with E-state index in [1.807, 2.05) is 4.90 Å². The third kappa shape index (κ3) is 2.55. The van der Waals surface area contributed by atoms with Crippen LogP contribution in [0, 0.1) is 19.7 Å². The molecule has 1 aliphatic heterocycles. The van der Waals surface area contributed by atoms with E-state index in [9.17, 15) is 9.18 Å². The lowest BCUT2D eigenvalue weighted by Gasteiger charge is -2.16. The van der Waals surface area contributed by atoms with Crippen LogP contribution in [0.3, 0.4) is 0 Å². The van der Waals surface area contributed by atoms with Crippen molar-refractivity contribution in [3.63, 3.8) is 0 Å². The van der Waals surface area contributed by atoms with Crippen molar-refractivity contribution in [2.45, 2.75) is 26.2 Å². The van der Waals surface area contributed by atoms with Gasteiger partial charge in [-0.2, -0.15) is 0 Å². The number of hydrogen-bond donors (Lipinski definition) is 0. The molecule has 1 aromatic carbocycles. The van der Waals surface area contributed by atoms with Gasteiger partial charge in [0.25, 0.3) is 5.91 Å². The zero-order valence-electron chi connectivity index (χ0n) is 12.1. The number of aromatic nitrogens is 1. The van der Waals surface area contributed by atoms with Crippen molar-refractivity contribution in [2.24, 2.45) is 0 Å². The largest absolute Gasteiger partial charge is 0.361 e. The summed E-state index contributed by atoms with van der Waals surface area (Å²) in [5, 5.41) is 3.83. The maximum absolute atomic E-state index is 13.0. The molecule has 3 rings (SSSR count). The lowest BCUT2D eigenvalue weighted by atomic mass is 9.98. The molecule has 0 aliphatic carbocycles. The number of carbonyl (C=O) groups excluding carboxylic acids is 1. The number of aryl methyl sites for hydroxylation is 2. The molecular weight excluding hydrogens is 271 g/mol. The molecule has 0 saturated carbocycles. The molecule has 0 radical (unpaired) electrons. The Morgan fingerprint density at radius 2 is 2.05 bits per heavy atom. The minimum absolute atomic E-state index is 0.0316. The van der Waals surface area contributed by atoms with Crippen molar-refractivity contribution in [3.05, 3.63) is 52.7 Å². The van der Waals surface area contributed by atoms with Crippen molar-refractivity contribution in [2.75, 3.05) is 13.1 Å². The highest BCUT2D eigenvalue weighted by Crippen LogP contribution is 2.29. The summed E-state index contributed by atoms with van der Waals surface area (Å²) in [7, 11) is 0. The molecule has 21 heavy (non-hydrogen) atoms. The predicted molar refractivity (Wildman–Crippen MR) is 75.6 cm³/mol. The van der Waals surface area contributed by atoms with E-state index in [0.29, 0.717) is 30.1 Å². The van der Waals surface area contributed by atoms with Crippen LogP contribution < -0.4 is 0 Å². The summed E-state index contributed by atoms with van der Waals surface area (Å²) in [6.07, 6.45) is 0.890. The quantitative estimate of drug-likeness (QED) is 0.853. The molecule has 1 aromatic heterocycles. The molecule has 1 unspecified atom stereocenters. The summed E-state index contributed by atoms with van der Waals surface area (Å²) in [4.78, 5) is 14.4. The summed E-state index contributed by atoms with van der Waals surface area (Å²) >= 11 is 0. The van der Waals surface area contributed by atoms with Gasteiger partial charge in [0, 0.05) is 19.0 Å². The van der Waals surface area contributed by atoms with E-state index in [1.54, 1.807) is 26.0 Å². The average Bonchev–Trinajstić information content (AvgIpc) is 3.07. The molecule has 1 saturated heterocycles. The van der Waals surface area contributed by atoms with Gasteiger partial charge in [0.15, 0.2) is 0 Å². The molecule has 0 N–H and O–H groups in total. The van der Waals surface area contributed by atoms with Gasteiger partial charge < -0.3 is 9.42 Å². The highest BCUT2D eigenvalue weighted by Gasteiger charge is 2.30. The average molecular weight is 288 g/mol. The zero-order chi connectivity index (χ0) is 15.0. The Morgan fingerprint density at radius 3 is 2.67 bits per heavy atom. The van der Waals surface area contributed by atoms with Crippen LogP contribution in [0.5, 0.6) is 0 Å². The van der Waals surface area contributed by atoms with Crippen LogP contribution in [-0.4, -0.2) is 29.1 Å². The van der Waals surface area contributed by atoms with E-state index in [0.717, 1.165) is 12.0 Å². The van der Waals surface area contributed by atoms with Gasteiger partial charge in [-0.05, 0) is 38.0 Å². The number of amides is 1. The summed E-state index contributed by atoms with van der Waals surface area (Å²) in [5.41, 5.74) is 2.27. The Hall–Kier alpha value is -2.17. The fraction of sp³-hybridized carbons (Fsp3) is 0.375. The third-order valence-corrected chi connectivity index (χ3v) is 4.06. The molecule has 1 amide bonds. The molecule has 0 bridgehead atoms. The lowest BCUT2D eigenvalue weighted by molar-refractivity contribution is 0.0788. The molecule has 110 valence electrons. The van der Waals surface area contributed by atoms with Gasteiger partial charge in [-0.1, -0.05) is 17.3 Å². The van der Waals surface area contributed by atoms with Gasteiger partial charge >= 0.3 is 0 Å². The molecule has 5 heteroatoms. The zero-order valence-corrected chi connectivity index (χ0v) is 12.1. The molecular formula is C16H17FN2O2. The van der Waals surface area contributed by atoms with Crippen LogP contribution in [0.1, 0.15) is 39.7 Å². The number of carbonyl (C=O) groups is 1. The topological polar surface area (TPSA) is 46.3 Å². The highest BCUT2D eigenvalue weighted by molar-refractivity contribution is 5.96. The molecule has 0 spiro atoms. The second kappa shape index (κ2) is 5.31. The first kappa shape index (κ1) is 13.8. The number of halogens is 1. The van der Waals surface area contributed by atoms with Crippen LogP contribution in [-0.2, 0) is 0 Å². The minimum atomic E-state index is -0.236. The summed E-state index contributed by atoms with van der Waals surface area (Å²) in [6.45, 7) is 4.87. The van der Waals surface area contributed by atoms with E-state index in [1.165, 1.54) is 12.1 Å². The maximum Gasteiger partial charge on any atom is 0.259 e. The van der Waals surface area contributed by atoms with Crippen molar-refractivity contribution in [1.29, 1.82) is 0 Å². The first-order chi connectivity index (χ1) is 10.1. The molecule has 1 aliphatic rings.